The van der Waals surface area contributed by atoms with Crippen LogP contribution in [-0.4, -0.2) is 18.2 Å². The normalized spacial score (nSPS) is 11.8. The average Bonchev–Trinajstić information content (AvgIpc) is 3.01. The van der Waals surface area contributed by atoms with Crippen molar-refractivity contribution in [2.24, 2.45) is 5.92 Å². The second kappa shape index (κ2) is 18.3. The first-order valence-corrected chi connectivity index (χ1v) is 16.0. The molecule has 41 heavy (non-hydrogen) atoms. The molecular weight excluding hydrogens is 504 g/mol. The van der Waals surface area contributed by atoms with Gasteiger partial charge in [0.25, 0.3) is 0 Å². The Balaban J connectivity index is 1.42. The number of benzene rings is 3. The molecule has 0 spiro atoms. The van der Waals surface area contributed by atoms with Crippen LogP contribution < -0.4 is 4.74 Å². The molecule has 0 aliphatic carbocycles. The highest BCUT2D eigenvalue weighted by Crippen LogP contribution is 2.23. The lowest BCUT2D eigenvalue weighted by Crippen LogP contribution is -2.10. The van der Waals surface area contributed by atoms with E-state index in [0.29, 0.717) is 29.4 Å². The maximum Gasteiger partial charge on any atom is 0.170 e. The van der Waals surface area contributed by atoms with Crippen LogP contribution >= 0.6 is 0 Å². The fraction of sp³-hybridized carbons (Fsp3) is 0.474. The van der Waals surface area contributed by atoms with Gasteiger partial charge >= 0.3 is 0 Å². The molecular formula is C38H50O3. The van der Waals surface area contributed by atoms with Gasteiger partial charge in [0, 0.05) is 11.1 Å². The minimum Gasteiger partial charge on any atom is -0.493 e. The monoisotopic (exact) mass is 554 g/mol. The number of rotatable bonds is 20. The molecule has 0 heterocycles. The molecule has 3 heteroatoms. The zero-order valence-corrected chi connectivity index (χ0v) is 25.6. The van der Waals surface area contributed by atoms with Crippen LogP contribution in [-0.2, 0) is 6.42 Å². The van der Waals surface area contributed by atoms with Crippen LogP contribution in [0.25, 0.3) is 11.1 Å². The van der Waals surface area contributed by atoms with E-state index in [4.69, 9.17) is 4.74 Å². The van der Waals surface area contributed by atoms with Gasteiger partial charge in [0.2, 0.25) is 0 Å². The molecule has 0 aromatic heterocycles. The summed E-state index contributed by atoms with van der Waals surface area (Å²) in [5.41, 5.74) is 4.66. The summed E-state index contributed by atoms with van der Waals surface area (Å²) in [6, 6.07) is 23.5. The lowest BCUT2D eigenvalue weighted by molar-refractivity contribution is 0.0894. The summed E-state index contributed by atoms with van der Waals surface area (Å²) in [7, 11) is 0. The third-order valence-electron chi connectivity index (χ3n) is 8.02. The van der Waals surface area contributed by atoms with Crippen molar-refractivity contribution in [3.8, 4) is 16.9 Å². The number of hydrogen-bond acceptors (Lipinski definition) is 3. The first-order valence-electron chi connectivity index (χ1n) is 16.0. The van der Waals surface area contributed by atoms with Gasteiger partial charge in [-0.1, -0.05) is 146 Å². The highest BCUT2D eigenvalue weighted by Gasteiger charge is 2.15. The van der Waals surface area contributed by atoms with Gasteiger partial charge in [0.1, 0.15) is 5.75 Å². The van der Waals surface area contributed by atoms with Crippen LogP contribution in [0.2, 0.25) is 0 Å². The molecule has 0 saturated heterocycles. The molecule has 0 aliphatic rings. The number of Topliss-reactive ketones (excluding diaryl/α,β-unsaturated/α-hetero) is 2. The van der Waals surface area contributed by atoms with Gasteiger partial charge < -0.3 is 4.74 Å². The zero-order chi connectivity index (χ0) is 29.3. The standard InChI is InChI=1S/C38H50O3/c1-4-6-7-8-9-10-11-12-13-14-16-31-19-21-32(22-20-31)33-23-25-34(26-24-33)37(39)28-38(40)35-17-15-18-36(27-35)41-29-30(3)5-2/h15,17-27,30H,4-14,16,28-29H2,1-3H3. The Labute approximate surface area is 248 Å². The number of carbonyl (C=O) groups excluding carboxylic acids is 2. The molecule has 0 bridgehead atoms. The predicted molar refractivity (Wildman–Crippen MR) is 172 cm³/mol. The first kappa shape index (κ1) is 32.3. The molecule has 1 unspecified atom stereocenters. The molecule has 0 aliphatic heterocycles. The highest BCUT2D eigenvalue weighted by atomic mass is 16.5. The number of carbonyl (C=O) groups is 2. The minimum absolute atomic E-state index is 0.151. The third kappa shape index (κ3) is 11.7. The smallest absolute Gasteiger partial charge is 0.170 e. The van der Waals surface area contributed by atoms with Crippen LogP contribution in [0.15, 0.2) is 72.8 Å². The topological polar surface area (TPSA) is 43.4 Å². The number of hydrogen-bond donors (Lipinski definition) is 0. The van der Waals surface area contributed by atoms with E-state index in [1.54, 1.807) is 18.2 Å². The highest BCUT2D eigenvalue weighted by molar-refractivity contribution is 6.13. The van der Waals surface area contributed by atoms with Crippen molar-refractivity contribution in [3.63, 3.8) is 0 Å². The van der Waals surface area contributed by atoms with Gasteiger partial charge in [-0.15, -0.1) is 0 Å². The van der Waals surface area contributed by atoms with E-state index < -0.39 is 0 Å². The van der Waals surface area contributed by atoms with Crippen molar-refractivity contribution in [1.29, 1.82) is 0 Å². The van der Waals surface area contributed by atoms with Crippen molar-refractivity contribution < 1.29 is 14.3 Å². The van der Waals surface area contributed by atoms with Crippen LogP contribution in [0.3, 0.4) is 0 Å². The molecule has 3 aromatic carbocycles. The predicted octanol–water partition coefficient (Wildman–Crippen LogP) is 10.7. The number of ether oxygens (including phenoxy) is 1. The SMILES string of the molecule is CCCCCCCCCCCCc1ccc(-c2ccc(C(=O)CC(=O)c3cccc(OCC(C)CC)c3)cc2)cc1. The summed E-state index contributed by atoms with van der Waals surface area (Å²) < 4.78 is 5.81. The zero-order valence-electron chi connectivity index (χ0n) is 25.6. The Bertz CT molecular complexity index is 1180. The van der Waals surface area contributed by atoms with E-state index >= 15 is 0 Å². The molecule has 1 atom stereocenters. The molecule has 3 rings (SSSR count). The minimum atomic E-state index is -0.189. The number of aryl methyl sites for hydroxylation is 1. The van der Waals surface area contributed by atoms with Crippen LogP contribution in [0.1, 0.15) is 124 Å². The quantitative estimate of drug-likeness (QED) is 0.0792. The van der Waals surface area contributed by atoms with Gasteiger partial charge in [-0.05, 0) is 47.6 Å². The van der Waals surface area contributed by atoms with Crippen LogP contribution in [0, 0.1) is 5.92 Å². The summed E-state index contributed by atoms with van der Waals surface area (Å²) in [5.74, 6) is 0.763. The fourth-order valence-electron chi connectivity index (χ4n) is 4.99. The van der Waals surface area contributed by atoms with Crippen LogP contribution in [0.5, 0.6) is 5.75 Å². The van der Waals surface area contributed by atoms with Crippen molar-refractivity contribution in [2.75, 3.05) is 6.61 Å². The summed E-state index contributed by atoms with van der Waals surface area (Å²) in [6.45, 7) is 7.14. The molecule has 0 amide bonds. The second-order valence-electron chi connectivity index (χ2n) is 11.6. The third-order valence-corrected chi connectivity index (χ3v) is 8.02. The van der Waals surface area contributed by atoms with Crippen molar-refractivity contribution >= 4 is 11.6 Å². The van der Waals surface area contributed by atoms with Gasteiger partial charge in [0.15, 0.2) is 11.6 Å². The molecule has 3 aromatic rings. The first-order chi connectivity index (χ1) is 20.0. The maximum atomic E-state index is 12.8. The Kier molecular flexibility index (Phi) is 14.4. The molecule has 0 radical (unpaired) electrons. The molecule has 3 nitrogen and oxygen atoms in total. The number of ketones is 2. The van der Waals surface area contributed by atoms with E-state index in [0.717, 1.165) is 24.0 Å². The molecule has 220 valence electrons. The van der Waals surface area contributed by atoms with Gasteiger partial charge in [-0.25, -0.2) is 0 Å². The summed E-state index contributed by atoms with van der Waals surface area (Å²) >= 11 is 0. The van der Waals surface area contributed by atoms with Crippen molar-refractivity contribution in [1.82, 2.24) is 0 Å². The van der Waals surface area contributed by atoms with Gasteiger partial charge in [-0.2, -0.15) is 0 Å². The Morgan fingerprint density at radius 3 is 1.83 bits per heavy atom. The summed E-state index contributed by atoms with van der Waals surface area (Å²) in [4.78, 5) is 25.6. The van der Waals surface area contributed by atoms with E-state index in [1.165, 1.54) is 69.8 Å². The van der Waals surface area contributed by atoms with E-state index in [-0.39, 0.29) is 18.0 Å². The van der Waals surface area contributed by atoms with Crippen molar-refractivity contribution in [3.05, 3.63) is 89.5 Å². The Hall–Kier alpha value is -3.20. The lowest BCUT2D eigenvalue weighted by atomic mass is 9.97. The average molecular weight is 555 g/mol. The number of unbranched alkanes of at least 4 members (excludes halogenated alkanes) is 9. The fourth-order valence-corrected chi connectivity index (χ4v) is 4.99. The van der Waals surface area contributed by atoms with Gasteiger partial charge in [-0.3, -0.25) is 9.59 Å². The van der Waals surface area contributed by atoms with Crippen LogP contribution in [0.4, 0.5) is 0 Å². The molecule has 0 fully saturated rings. The maximum absolute atomic E-state index is 12.8. The second-order valence-corrected chi connectivity index (χ2v) is 11.6. The largest absolute Gasteiger partial charge is 0.493 e. The van der Waals surface area contributed by atoms with E-state index in [2.05, 4.69) is 45.0 Å². The Morgan fingerprint density at radius 2 is 1.22 bits per heavy atom. The Morgan fingerprint density at radius 1 is 0.659 bits per heavy atom. The molecule has 0 saturated carbocycles. The summed E-state index contributed by atoms with van der Waals surface area (Å²) in [5, 5.41) is 0. The van der Waals surface area contributed by atoms with E-state index in [1.807, 2.05) is 30.3 Å². The van der Waals surface area contributed by atoms with E-state index in [9.17, 15) is 9.59 Å². The van der Waals surface area contributed by atoms with Gasteiger partial charge in [0.05, 0.1) is 13.0 Å². The lowest BCUT2D eigenvalue weighted by Gasteiger charge is -2.11. The molecule has 0 N–H and O–H groups in total. The van der Waals surface area contributed by atoms with Crippen molar-refractivity contribution in [2.45, 2.75) is 104 Å². The summed E-state index contributed by atoms with van der Waals surface area (Å²) in [6.07, 6.45) is 15.6.